The first-order chi connectivity index (χ1) is 7.75. The molecule has 2 unspecified atom stereocenters. The summed E-state index contributed by atoms with van der Waals surface area (Å²) in [4.78, 5) is 11.2. The number of fused-ring (bicyclic) bond motifs is 1. The third-order valence-electron chi connectivity index (χ3n) is 2.80. The van der Waals surface area contributed by atoms with Crippen LogP contribution in [-0.2, 0) is 0 Å². The summed E-state index contributed by atoms with van der Waals surface area (Å²) in [5, 5.41) is 22.0. The summed E-state index contributed by atoms with van der Waals surface area (Å²) in [5.41, 5.74) is 0. The number of aliphatic hydroxyl groups excluding tert-OH is 2. The van der Waals surface area contributed by atoms with Crippen LogP contribution in [0.2, 0.25) is 0 Å². The van der Waals surface area contributed by atoms with Gasteiger partial charge in [-0.05, 0) is 11.4 Å². The molecule has 0 aromatic carbocycles. The first kappa shape index (κ1) is 9.95. The van der Waals surface area contributed by atoms with Crippen molar-refractivity contribution >= 4 is 27.4 Å². The molecule has 84 valence electrons. The molecule has 3 heterocycles. The predicted molar refractivity (Wildman–Crippen MR) is 61.6 cm³/mol. The van der Waals surface area contributed by atoms with Crippen LogP contribution in [0, 0.1) is 0 Å². The number of hydrogen-bond acceptors (Lipinski definition) is 6. The van der Waals surface area contributed by atoms with Crippen molar-refractivity contribution in [3.05, 3.63) is 17.8 Å². The van der Waals surface area contributed by atoms with E-state index in [0.717, 1.165) is 16.0 Å². The Bertz CT molecular complexity index is 505. The first-order valence-electron chi connectivity index (χ1n) is 5.05. The minimum atomic E-state index is -0.691. The monoisotopic (exact) mass is 237 g/mol. The Kier molecular flexibility index (Phi) is 2.27. The Hall–Kier alpha value is -1.24. The van der Waals surface area contributed by atoms with Gasteiger partial charge < -0.3 is 15.1 Å². The number of anilines is 1. The summed E-state index contributed by atoms with van der Waals surface area (Å²) in [6.45, 7) is 0.840. The van der Waals surface area contributed by atoms with Gasteiger partial charge in [0, 0.05) is 13.1 Å². The molecule has 5 nitrogen and oxygen atoms in total. The molecule has 0 aliphatic carbocycles. The van der Waals surface area contributed by atoms with Gasteiger partial charge in [0.2, 0.25) is 0 Å². The van der Waals surface area contributed by atoms with Crippen LogP contribution in [0.3, 0.4) is 0 Å². The molecule has 0 spiro atoms. The van der Waals surface area contributed by atoms with Gasteiger partial charge in [0.1, 0.15) is 17.0 Å². The van der Waals surface area contributed by atoms with Crippen molar-refractivity contribution in [3.8, 4) is 0 Å². The number of aromatic nitrogens is 2. The Balaban J connectivity index is 2.03. The molecule has 0 amide bonds. The van der Waals surface area contributed by atoms with Gasteiger partial charge >= 0.3 is 0 Å². The molecule has 2 aromatic heterocycles. The van der Waals surface area contributed by atoms with Crippen LogP contribution in [-0.4, -0.2) is 45.5 Å². The lowest BCUT2D eigenvalue weighted by molar-refractivity contribution is 0.0572. The first-order valence-corrected chi connectivity index (χ1v) is 5.93. The fourth-order valence-corrected chi connectivity index (χ4v) is 2.70. The summed E-state index contributed by atoms with van der Waals surface area (Å²) in [5.74, 6) is 0.793. The molecule has 3 rings (SSSR count). The number of thiophene rings is 1. The van der Waals surface area contributed by atoms with Gasteiger partial charge in [0.15, 0.2) is 0 Å². The van der Waals surface area contributed by atoms with Crippen LogP contribution in [0.15, 0.2) is 17.8 Å². The maximum absolute atomic E-state index is 9.52. The van der Waals surface area contributed by atoms with Crippen molar-refractivity contribution in [1.29, 1.82) is 0 Å². The molecule has 1 aliphatic rings. The molecule has 0 radical (unpaired) electrons. The lowest BCUT2D eigenvalue weighted by Crippen LogP contribution is -2.22. The number of nitrogens with zero attached hydrogens (tertiary/aromatic N) is 3. The summed E-state index contributed by atoms with van der Waals surface area (Å²) in [6, 6.07) is 1.96. The average Bonchev–Trinajstić information content (AvgIpc) is 2.85. The van der Waals surface area contributed by atoms with E-state index in [9.17, 15) is 10.2 Å². The zero-order valence-electron chi connectivity index (χ0n) is 8.45. The van der Waals surface area contributed by atoms with Crippen molar-refractivity contribution in [2.24, 2.45) is 0 Å². The maximum atomic E-state index is 9.52. The third kappa shape index (κ3) is 1.46. The third-order valence-corrected chi connectivity index (χ3v) is 3.62. The molecule has 16 heavy (non-hydrogen) atoms. The molecular weight excluding hydrogens is 226 g/mol. The number of hydrogen-bond donors (Lipinski definition) is 2. The Morgan fingerprint density at radius 1 is 1.25 bits per heavy atom. The molecule has 1 aliphatic heterocycles. The topological polar surface area (TPSA) is 69.5 Å². The second kappa shape index (κ2) is 3.65. The summed E-state index contributed by atoms with van der Waals surface area (Å²) < 4.78 is 0. The minimum Gasteiger partial charge on any atom is -0.389 e. The van der Waals surface area contributed by atoms with E-state index >= 15 is 0 Å². The molecule has 1 fully saturated rings. The van der Waals surface area contributed by atoms with Crippen LogP contribution < -0.4 is 4.90 Å². The maximum Gasteiger partial charge on any atom is 0.140 e. The zero-order valence-corrected chi connectivity index (χ0v) is 9.26. The van der Waals surface area contributed by atoms with E-state index < -0.39 is 12.2 Å². The smallest absolute Gasteiger partial charge is 0.140 e. The van der Waals surface area contributed by atoms with E-state index in [1.54, 1.807) is 11.3 Å². The SMILES string of the molecule is OC1CN(c2ncnc3sccc23)CC1O. The van der Waals surface area contributed by atoms with E-state index in [1.807, 2.05) is 16.3 Å². The molecule has 2 N–H and O–H groups in total. The average molecular weight is 237 g/mol. The van der Waals surface area contributed by atoms with Gasteiger partial charge in [0.05, 0.1) is 17.6 Å². The van der Waals surface area contributed by atoms with Gasteiger partial charge in [-0.2, -0.15) is 0 Å². The molecule has 2 atom stereocenters. The van der Waals surface area contributed by atoms with E-state index in [-0.39, 0.29) is 0 Å². The molecule has 0 saturated carbocycles. The quantitative estimate of drug-likeness (QED) is 0.743. The highest BCUT2D eigenvalue weighted by Gasteiger charge is 2.31. The van der Waals surface area contributed by atoms with Crippen molar-refractivity contribution in [2.75, 3.05) is 18.0 Å². The van der Waals surface area contributed by atoms with Crippen LogP contribution in [0.4, 0.5) is 5.82 Å². The fourth-order valence-electron chi connectivity index (χ4n) is 1.97. The van der Waals surface area contributed by atoms with Crippen LogP contribution in [0.5, 0.6) is 0 Å². The molecule has 0 bridgehead atoms. The highest BCUT2D eigenvalue weighted by Crippen LogP contribution is 2.28. The van der Waals surface area contributed by atoms with Gasteiger partial charge in [-0.1, -0.05) is 0 Å². The predicted octanol–water partition coefficient (Wildman–Crippen LogP) is 0.233. The number of β-amino-alcohol motifs (C(OH)–C–C–N with tert-alkyl or cyclic N) is 2. The highest BCUT2D eigenvalue weighted by molar-refractivity contribution is 7.16. The Morgan fingerprint density at radius 2 is 2.00 bits per heavy atom. The number of aliphatic hydroxyl groups is 2. The second-order valence-electron chi connectivity index (χ2n) is 3.88. The molecule has 1 saturated heterocycles. The lowest BCUT2D eigenvalue weighted by Gasteiger charge is -2.16. The van der Waals surface area contributed by atoms with Gasteiger partial charge in [-0.15, -0.1) is 11.3 Å². The highest BCUT2D eigenvalue weighted by atomic mass is 32.1. The van der Waals surface area contributed by atoms with E-state index in [4.69, 9.17) is 0 Å². The Morgan fingerprint density at radius 3 is 2.75 bits per heavy atom. The summed E-state index contributed by atoms with van der Waals surface area (Å²) in [6.07, 6.45) is 0.137. The van der Waals surface area contributed by atoms with E-state index in [0.29, 0.717) is 13.1 Å². The van der Waals surface area contributed by atoms with Crippen molar-refractivity contribution in [1.82, 2.24) is 9.97 Å². The van der Waals surface area contributed by atoms with Crippen LogP contribution in [0.25, 0.3) is 10.2 Å². The van der Waals surface area contributed by atoms with Crippen LogP contribution in [0.1, 0.15) is 0 Å². The number of rotatable bonds is 1. The van der Waals surface area contributed by atoms with Crippen LogP contribution >= 0.6 is 11.3 Å². The summed E-state index contributed by atoms with van der Waals surface area (Å²) >= 11 is 1.56. The zero-order chi connectivity index (χ0) is 11.1. The van der Waals surface area contributed by atoms with E-state index in [2.05, 4.69) is 9.97 Å². The molecule has 2 aromatic rings. The fraction of sp³-hybridized carbons (Fsp3) is 0.400. The molecule has 6 heteroatoms. The van der Waals surface area contributed by atoms with Gasteiger partial charge in [-0.25, -0.2) is 9.97 Å². The Labute approximate surface area is 96.0 Å². The minimum absolute atomic E-state index is 0.420. The second-order valence-corrected chi connectivity index (χ2v) is 4.77. The normalized spacial score (nSPS) is 25.5. The molecular formula is C10H11N3O2S. The van der Waals surface area contributed by atoms with Gasteiger partial charge in [0.25, 0.3) is 0 Å². The van der Waals surface area contributed by atoms with E-state index in [1.165, 1.54) is 6.33 Å². The van der Waals surface area contributed by atoms with Crippen molar-refractivity contribution in [2.45, 2.75) is 12.2 Å². The van der Waals surface area contributed by atoms with Crippen molar-refractivity contribution < 1.29 is 10.2 Å². The standard InChI is InChI=1S/C10H11N3O2S/c14-7-3-13(4-8(7)15)9-6-1-2-16-10(6)12-5-11-9/h1-2,5,7-8,14-15H,3-4H2. The lowest BCUT2D eigenvalue weighted by atomic mass is 10.3. The van der Waals surface area contributed by atoms with Crippen molar-refractivity contribution in [3.63, 3.8) is 0 Å². The summed E-state index contributed by atoms with van der Waals surface area (Å²) in [7, 11) is 0. The van der Waals surface area contributed by atoms with Gasteiger partial charge in [-0.3, -0.25) is 0 Å². The largest absolute Gasteiger partial charge is 0.389 e.